The minimum atomic E-state index is -0.370. The molecule has 35 heavy (non-hydrogen) atoms. The van der Waals surface area contributed by atoms with Crippen molar-refractivity contribution in [2.75, 3.05) is 17.7 Å². The van der Waals surface area contributed by atoms with Crippen LogP contribution >= 0.6 is 46.3 Å². The van der Waals surface area contributed by atoms with E-state index in [1.165, 1.54) is 28.0 Å². The van der Waals surface area contributed by atoms with Crippen molar-refractivity contribution in [3.8, 4) is 11.4 Å². The SMILES string of the molecule is CCOC(=O)c1c(NC(=O)CSc2nnc(-c3ccc(Cl)cc3Cl)n2CC)sc2c1CCCCC2. The number of rotatable bonds is 8. The molecule has 1 amide bonds. The second-order valence-electron chi connectivity index (χ2n) is 8.00. The fraction of sp³-hybridized carbons (Fsp3) is 0.417. The maximum absolute atomic E-state index is 12.9. The van der Waals surface area contributed by atoms with Gasteiger partial charge in [0.05, 0.1) is 22.9 Å². The standard InChI is InChI=1S/C24H26Cl2N4O3S2/c1-3-30-21(15-11-10-14(25)12-17(15)26)28-29-24(30)34-13-19(31)27-22-20(23(32)33-4-2)16-8-6-5-7-9-18(16)35-22/h10-12H,3-9,13H2,1-2H3,(H,27,31). The van der Waals surface area contributed by atoms with Gasteiger partial charge in [-0.1, -0.05) is 41.4 Å². The monoisotopic (exact) mass is 552 g/mol. The van der Waals surface area contributed by atoms with Crippen molar-refractivity contribution >= 4 is 63.2 Å². The molecule has 4 rings (SSSR count). The topological polar surface area (TPSA) is 86.1 Å². The molecule has 1 aliphatic rings. The molecule has 1 N–H and O–H groups in total. The molecule has 2 heterocycles. The number of thiophene rings is 1. The fourth-order valence-corrected chi connectivity index (χ4v) is 6.68. The third kappa shape index (κ3) is 5.85. The summed E-state index contributed by atoms with van der Waals surface area (Å²) in [6, 6.07) is 5.22. The van der Waals surface area contributed by atoms with Crippen molar-refractivity contribution in [2.24, 2.45) is 0 Å². The minimum Gasteiger partial charge on any atom is -0.462 e. The lowest BCUT2D eigenvalue weighted by molar-refractivity contribution is -0.113. The van der Waals surface area contributed by atoms with Crippen LogP contribution in [0.5, 0.6) is 0 Å². The Morgan fingerprint density at radius 1 is 1.17 bits per heavy atom. The van der Waals surface area contributed by atoms with Gasteiger partial charge in [0, 0.05) is 22.0 Å². The molecule has 0 radical (unpaired) electrons. The zero-order chi connectivity index (χ0) is 24.9. The fourth-order valence-electron chi connectivity index (χ4n) is 4.09. The maximum atomic E-state index is 12.9. The highest BCUT2D eigenvalue weighted by atomic mass is 35.5. The summed E-state index contributed by atoms with van der Waals surface area (Å²) in [6.07, 6.45) is 5.02. The zero-order valence-electron chi connectivity index (χ0n) is 19.5. The van der Waals surface area contributed by atoms with E-state index in [9.17, 15) is 9.59 Å². The number of aromatic nitrogens is 3. The summed E-state index contributed by atoms with van der Waals surface area (Å²) in [7, 11) is 0. The number of nitrogens with one attached hydrogen (secondary N) is 1. The Balaban J connectivity index is 1.50. The van der Waals surface area contributed by atoms with Crippen LogP contribution in [0.15, 0.2) is 23.4 Å². The van der Waals surface area contributed by atoms with Crippen molar-refractivity contribution in [1.82, 2.24) is 14.8 Å². The van der Waals surface area contributed by atoms with E-state index in [1.807, 2.05) is 11.5 Å². The van der Waals surface area contributed by atoms with Gasteiger partial charge in [0.1, 0.15) is 5.00 Å². The van der Waals surface area contributed by atoms with Crippen LogP contribution in [0, 0.1) is 0 Å². The second-order valence-corrected chi connectivity index (χ2v) is 10.9. The van der Waals surface area contributed by atoms with Gasteiger partial charge < -0.3 is 14.6 Å². The number of thioether (sulfide) groups is 1. The molecule has 0 unspecified atom stereocenters. The molecule has 0 bridgehead atoms. The maximum Gasteiger partial charge on any atom is 0.341 e. The number of esters is 1. The van der Waals surface area contributed by atoms with Crippen LogP contribution in [0.3, 0.4) is 0 Å². The predicted octanol–water partition coefficient (Wildman–Crippen LogP) is 6.51. The van der Waals surface area contributed by atoms with Crippen LogP contribution in [0.2, 0.25) is 10.0 Å². The lowest BCUT2D eigenvalue weighted by Gasteiger charge is -2.10. The number of aryl methyl sites for hydroxylation is 1. The summed E-state index contributed by atoms with van der Waals surface area (Å²) >= 11 is 15.2. The average molecular weight is 554 g/mol. The number of benzene rings is 1. The molecule has 2 aromatic heterocycles. The first-order valence-corrected chi connectivity index (χ1v) is 14.1. The van der Waals surface area contributed by atoms with Crippen LogP contribution < -0.4 is 5.32 Å². The molecule has 3 aromatic rings. The van der Waals surface area contributed by atoms with Gasteiger partial charge in [-0.25, -0.2) is 4.79 Å². The molecule has 1 aliphatic carbocycles. The first-order chi connectivity index (χ1) is 16.9. The van der Waals surface area contributed by atoms with Crippen molar-refractivity contribution in [3.63, 3.8) is 0 Å². The lowest BCUT2D eigenvalue weighted by atomic mass is 10.1. The summed E-state index contributed by atoms with van der Waals surface area (Å²) in [6.45, 7) is 4.66. The highest BCUT2D eigenvalue weighted by Gasteiger charge is 2.27. The van der Waals surface area contributed by atoms with E-state index in [0.717, 1.165) is 43.2 Å². The van der Waals surface area contributed by atoms with Crippen molar-refractivity contribution in [1.29, 1.82) is 0 Å². The Hall–Kier alpha value is -2.07. The van der Waals surface area contributed by atoms with Crippen LogP contribution in [0.25, 0.3) is 11.4 Å². The van der Waals surface area contributed by atoms with E-state index >= 15 is 0 Å². The van der Waals surface area contributed by atoms with Gasteiger partial charge in [0.2, 0.25) is 5.91 Å². The molecule has 11 heteroatoms. The number of carbonyl (C=O) groups is 2. The molecule has 186 valence electrons. The van der Waals surface area contributed by atoms with Crippen molar-refractivity contribution < 1.29 is 14.3 Å². The summed E-state index contributed by atoms with van der Waals surface area (Å²) in [5, 5.41) is 13.7. The Bertz CT molecular complexity index is 1240. The smallest absolute Gasteiger partial charge is 0.341 e. The van der Waals surface area contributed by atoms with E-state index < -0.39 is 0 Å². The normalized spacial score (nSPS) is 13.3. The van der Waals surface area contributed by atoms with E-state index in [2.05, 4.69) is 15.5 Å². The number of halogens is 2. The summed E-state index contributed by atoms with van der Waals surface area (Å²) < 4.78 is 7.21. The summed E-state index contributed by atoms with van der Waals surface area (Å²) in [4.78, 5) is 26.8. The van der Waals surface area contributed by atoms with Crippen molar-refractivity contribution in [2.45, 2.75) is 57.7 Å². The quantitative estimate of drug-likeness (QED) is 0.195. The Morgan fingerprint density at radius 2 is 1.97 bits per heavy atom. The summed E-state index contributed by atoms with van der Waals surface area (Å²) in [5.41, 5.74) is 2.27. The first-order valence-electron chi connectivity index (χ1n) is 11.6. The molecule has 0 atom stereocenters. The molecule has 0 fully saturated rings. The number of ether oxygens (including phenoxy) is 1. The van der Waals surface area contributed by atoms with Crippen LogP contribution in [0.1, 0.15) is 53.9 Å². The molecule has 0 aliphatic heterocycles. The van der Waals surface area contributed by atoms with Gasteiger partial charge in [-0.3, -0.25) is 4.79 Å². The summed E-state index contributed by atoms with van der Waals surface area (Å²) in [5.74, 6) is 0.152. The minimum absolute atomic E-state index is 0.122. The van der Waals surface area contributed by atoms with Gasteiger partial charge in [0.15, 0.2) is 11.0 Å². The lowest BCUT2D eigenvalue weighted by Crippen LogP contribution is -2.17. The number of anilines is 1. The number of fused-ring (bicyclic) bond motifs is 1. The number of nitrogens with zero attached hydrogens (tertiary/aromatic N) is 3. The zero-order valence-corrected chi connectivity index (χ0v) is 22.7. The van der Waals surface area contributed by atoms with Gasteiger partial charge in [0.25, 0.3) is 0 Å². The first kappa shape index (κ1) is 26.0. The Labute approximate surface area is 222 Å². The molecule has 0 saturated carbocycles. The van der Waals surface area contributed by atoms with E-state index in [0.29, 0.717) is 44.7 Å². The third-order valence-corrected chi connectivity index (χ3v) is 8.41. The van der Waals surface area contributed by atoms with Crippen molar-refractivity contribution in [3.05, 3.63) is 44.2 Å². The molecule has 0 saturated heterocycles. The number of hydrogen-bond acceptors (Lipinski definition) is 7. The van der Waals surface area contributed by atoms with E-state index in [4.69, 9.17) is 27.9 Å². The molecular formula is C24H26Cl2N4O3S2. The largest absolute Gasteiger partial charge is 0.462 e. The van der Waals surface area contributed by atoms with Gasteiger partial charge in [-0.2, -0.15) is 0 Å². The predicted molar refractivity (Wildman–Crippen MR) is 142 cm³/mol. The Kier molecular flexibility index (Phi) is 8.75. The highest BCUT2D eigenvalue weighted by Crippen LogP contribution is 2.38. The third-order valence-electron chi connectivity index (χ3n) is 5.69. The molecule has 1 aromatic carbocycles. The van der Waals surface area contributed by atoms with Crippen LogP contribution in [0.4, 0.5) is 5.00 Å². The van der Waals surface area contributed by atoms with Gasteiger partial charge in [-0.05, 0) is 63.3 Å². The number of hydrogen-bond donors (Lipinski definition) is 1. The number of carbonyl (C=O) groups excluding carboxylic acids is 2. The molecular weight excluding hydrogens is 527 g/mol. The second kappa shape index (κ2) is 11.8. The molecule has 7 nitrogen and oxygen atoms in total. The van der Waals surface area contributed by atoms with E-state index in [1.54, 1.807) is 25.1 Å². The van der Waals surface area contributed by atoms with E-state index in [-0.39, 0.29) is 17.6 Å². The number of amides is 1. The van der Waals surface area contributed by atoms with Gasteiger partial charge >= 0.3 is 5.97 Å². The van der Waals surface area contributed by atoms with Crippen LogP contribution in [-0.4, -0.2) is 39.0 Å². The van der Waals surface area contributed by atoms with Gasteiger partial charge in [-0.15, -0.1) is 21.5 Å². The average Bonchev–Trinajstić information content (AvgIpc) is 3.30. The highest BCUT2D eigenvalue weighted by molar-refractivity contribution is 7.99. The molecule has 0 spiro atoms. The Morgan fingerprint density at radius 3 is 2.71 bits per heavy atom. The van der Waals surface area contributed by atoms with Crippen LogP contribution in [-0.2, 0) is 28.9 Å².